The van der Waals surface area contributed by atoms with Crippen molar-refractivity contribution in [1.29, 1.82) is 0 Å². The third-order valence-corrected chi connectivity index (χ3v) is 4.89. The van der Waals surface area contributed by atoms with Crippen molar-refractivity contribution in [3.05, 3.63) is 41.0 Å². The molecule has 0 spiro atoms. The number of rotatable bonds is 9. The summed E-state index contributed by atoms with van der Waals surface area (Å²) in [6, 6.07) is 8.47. The van der Waals surface area contributed by atoms with Gasteiger partial charge in [0.2, 0.25) is 0 Å². The third kappa shape index (κ3) is 8.54. The van der Waals surface area contributed by atoms with Gasteiger partial charge in [0.05, 0.1) is 5.75 Å². The van der Waals surface area contributed by atoms with Gasteiger partial charge in [-0.1, -0.05) is 6.92 Å². The van der Waals surface area contributed by atoms with Gasteiger partial charge in [-0.3, -0.25) is 4.55 Å². The maximum atomic E-state index is 10.9. The maximum absolute atomic E-state index is 10.9. The van der Waals surface area contributed by atoms with Crippen LogP contribution >= 0.6 is 15.9 Å². The Morgan fingerprint density at radius 1 is 1.18 bits per heavy atom. The molecule has 0 aliphatic heterocycles. The molecule has 1 heterocycles. The van der Waals surface area contributed by atoms with Gasteiger partial charge in [-0.2, -0.15) is 8.42 Å². The first-order chi connectivity index (χ1) is 12.8. The molecule has 1 aromatic carbocycles. The van der Waals surface area contributed by atoms with E-state index in [0.29, 0.717) is 24.6 Å². The van der Waals surface area contributed by atoms with Crippen molar-refractivity contribution < 1.29 is 18.1 Å². The SMILES string of the molecule is CCCN(CCCS(=O)(=O)O)c1ccc(/N=N/c2ccc(Br)cn2)c(O)c1.[NaH]. The number of azo groups is 1. The van der Waals surface area contributed by atoms with Gasteiger partial charge >= 0.3 is 29.6 Å². The van der Waals surface area contributed by atoms with Crippen LogP contribution in [0.2, 0.25) is 0 Å². The van der Waals surface area contributed by atoms with Gasteiger partial charge in [-0.25, -0.2) is 4.98 Å². The Morgan fingerprint density at radius 3 is 2.50 bits per heavy atom. The number of halogens is 1. The fourth-order valence-corrected chi connectivity index (χ4v) is 3.13. The molecule has 0 saturated carbocycles. The van der Waals surface area contributed by atoms with Gasteiger partial charge in [-0.15, -0.1) is 10.2 Å². The monoisotopic (exact) mass is 480 g/mol. The molecule has 1 aromatic heterocycles. The Kier molecular flexibility index (Phi) is 10.6. The van der Waals surface area contributed by atoms with Crippen molar-refractivity contribution in [2.45, 2.75) is 19.8 Å². The van der Waals surface area contributed by atoms with Crippen molar-refractivity contribution in [3.8, 4) is 5.75 Å². The third-order valence-electron chi connectivity index (χ3n) is 3.62. The predicted molar refractivity (Wildman–Crippen MR) is 115 cm³/mol. The Balaban J connectivity index is 0.00000392. The van der Waals surface area contributed by atoms with Gasteiger partial charge in [0, 0.05) is 35.5 Å². The number of nitrogens with zero attached hydrogens (tertiary/aromatic N) is 4. The van der Waals surface area contributed by atoms with Crippen molar-refractivity contribution in [2.24, 2.45) is 10.2 Å². The van der Waals surface area contributed by atoms with Crippen LogP contribution in [-0.2, 0) is 10.1 Å². The van der Waals surface area contributed by atoms with Crippen LogP contribution < -0.4 is 4.90 Å². The molecule has 2 rings (SSSR count). The number of benzene rings is 1. The standard InChI is InChI=1S/C17H21BrN4O4S.Na.H/c1-2-8-22(9-3-10-27(24,25)26)14-5-6-15(16(23)11-14)20-21-17-7-4-13(18)12-19-17;;/h4-7,11-12,23H,2-3,8-10H2,1H3,(H,24,25,26);;/b21-20+;;. The summed E-state index contributed by atoms with van der Waals surface area (Å²) < 4.78 is 31.5. The zero-order valence-corrected chi connectivity index (χ0v) is 17.2. The molecular weight excluding hydrogens is 459 g/mol. The number of anilines is 1. The molecule has 0 fully saturated rings. The second kappa shape index (κ2) is 11.8. The Morgan fingerprint density at radius 2 is 1.93 bits per heavy atom. The Bertz CT molecular complexity index is 895. The summed E-state index contributed by atoms with van der Waals surface area (Å²) in [5, 5.41) is 18.2. The summed E-state index contributed by atoms with van der Waals surface area (Å²) in [6.45, 7) is 3.13. The summed E-state index contributed by atoms with van der Waals surface area (Å²) in [7, 11) is -3.98. The zero-order valence-electron chi connectivity index (χ0n) is 14.8. The van der Waals surface area contributed by atoms with Gasteiger partial charge < -0.3 is 10.0 Å². The number of phenolic OH excluding ortho intramolecular Hbond substituents is 1. The second-order valence-electron chi connectivity index (χ2n) is 5.83. The average Bonchev–Trinajstić information content (AvgIpc) is 2.60. The summed E-state index contributed by atoms with van der Waals surface area (Å²) in [4.78, 5) is 6.03. The minimum absolute atomic E-state index is 0. The molecule has 0 unspecified atom stereocenters. The number of hydrogen-bond acceptors (Lipinski definition) is 7. The van der Waals surface area contributed by atoms with E-state index in [9.17, 15) is 13.5 Å². The molecule has 0 amide bonds. The van der Waals surface area contributed by atoms with E-state index in [4.69, 9.17) is 4.55 Å². The zero-order chi connectivity index (χ0) is 19.9. The van der Waals surface area contributed by atoms with Crippen LogP contribution in [-0.4, -0.2) is 71.5 Å². The molecule has 0 radical (unpaired) electrons. The van der Waals surface area contributed by atoms with Crippen LogP contribution in [0.25, 0.3) is 0 Å². The molecular formula is C17H22BrN4NaO4S. The molecule has 2 N–H and O–H groups in total. The number of aromatic nitrogens is 1. The fourth-order valence-electron chi connectivity index (χ4n) is 2.40. The van der Waals surface area contributed by atoms with E-state index >= 15 is 0 Å². The summed E-state index contributed by atoms with van der Waals surface area (Å²) in [5.74, 6) is 0.0785. The van der Waals surface area contributed by atoms with Gasteiger partial charge in [0.25, 0.3) is 10.1 Å². The van der Waals surface area contributed by atoms with Crippen LogP contribution in [0.4, 0.5) is 17.2 Å². The Labute approximate surface area is 195 Å². The van der Waals surface area contributed by atoms with Crippen LogP contribution in [0, 0.1) is 0 Å². The summed E-state index contributed by atoms with van der Waals surface area (Å²) in [6.07, 6.45) is 2.74. The predicted octanol–water partition coefficient (Wildman–Crippen LogP) is 3.81. The topological polar surface area (TPSA) is 115 Å². The number of phenols is 1. The molecule has 0 aliphatic carbocycles. The first-order valence-corrected chi connectivity index (χ1v) is 10.7. The normalized spacial score (nSPS) is 11.4. The molecule has 148 valence electrons. The van der Waals surface area contributed by atoms with E-state index in [1.807, 2.05) is 11.8 Å². The molecule has 28 heavy (non-hydrogen) atoms. The van der Waals surface area contributed by atoms with Crippen LogP contribution in [0.15, 0.2) is 51.2 Å². The molecule has 8 nitrogen and oxygen atoms in total. The molecule has 0 saturated heterocycles. The van der Waals surface area contributed by atoms with Gasteiger partial charge in [-0.05, 0) is 53.0 Å². The van der Waals surface area contributed by atoms with E-state index in [2.05, 4.69) is 31.1 Å². The quantitative estimate of drug-likeness (QED) is 0.320. The van der Waals surface area contributed by atoms with E-state index in [-0.39, 0.29) is 47.5 Å². The molecule has 0 atom stereocenters. The molecule has 2 aromatic rings. The minimum atomic E-state index is -3.98. The molecule has 11 heteroatoms. The van der Waals surface area contributed by atoms with Crippen molar-refractivity contribution >= 4 is 72.8 Å². The van der Waals surface area contributed by atoms with E-state index < -0.39 is 10.1 Å². The summed E-state index contributed by atoms with van der Waals surface area (Å²) >= 11 is 3.29. The first kappa shape index (κ1) is 25.0. The van der Waals surface area contributed by atoms with Crippen molar-refractivity contribution in [1.82, 2.24) is 4.98 Å². The van der Waals surface area contributed by atoms with Crippen molar-refractivity contribution in [2.75, 3.05) is 23.7 Å². The summed E-state index contributed by atoms with van der Waals surface area (Å²) in [5.41, 5.74) is 1.04. The first-order valence-electron chi connectivity index (χ1n) is 8.35. The van der Waals surface area contributed by atoms with E-state index in [1.165, 1.54) is 0 Å². The van der Waals surface area contributed by atoms with Crippen LogP contribution in [0.5, 0.6) is 5.75 Å². The number of pyridine rings is 1. The second-order valence-corrected chi connectivity index (χ2v) is 8.32. The van der Waals surface area contributed by atoms with E-state index in [0.717, 1.165) is 16.6 Å². The molecule has 0 bridgehead atoms. The molecule has 0 aliphatic rings. The Hall–Kier alpha value is -1.04. The number of aromatic hydroxyl groups is 1. The van der Waals surface area contributed by atoms with Gasteiger partial charge in [0.15, 0.2) is 5.82 Å². The van der Waals surface area contributed by atoms with Crippen molar-refractivity contribution in [3.63, 3.8) is 0 Å². The van der Waals surface area contributed by atoms with Gasteiger partial charge in [0.1, 0.15) is 11.4 Å². The number of hydrogen-bond donors (Lipinski definition) is 2. The average molecular weight is 481 g/mol. The van der Waals surface area contributed by atoms with E-state index in [1.54, 1.807) is 36.5 Å². The fraction of sp³-hybridized carbons (Fsp3) is 0.353. The van der Waals surface area contributed by atoms with Crippen LogP contribution in [0.3, 0.4) is 0 Å². The van der Waals surface area contributed by atoms with Crippen LogP contribution in [0.1, 0.15) is 19.8 Å².